The molecular weight excluding hydrogens is 260 g/mol. The predicted molar refractivity (Wildman–Crippen MR) is 87.4 cm³/mol. The van der Waals surface area contributed by atoms with Crippen LogP contribution in [0.1, 0.15) is 58.5 Å². The summed E-state index contributed by atoms with van der Waals surface area (Å²) >= 11 is 0. The van der Waals surface area contributed by atoms with Crippen molar-refractivity contribution in [2.45, 2.75) is 65.7 Å². The van der Waals surface area contributed by atoms with Gasteiger partial charge in [0.05, 0.1) is 12.2 Å². The average molecular weight is 288 g/mol. The van der Waals surface area contributed by atoms with Gasteiger partial charge < -0.3 is 9.88 Å². The minimum Gasteiger partial charge on any atom is -0.344 e. The minimum atomic E-state index is 0.132. The second-order valence-corrected chi connectivity index (χ2v) is 6.78. The lowest BCUT2D eigenvalue weighted by Gasteiger charge is -2.21. The van der Waals surface area contributed by atoms with Gasteiger partial charge in [-0.25, -0.2) is 0 Å². The van der Waals surface area contributed by atoms with Gasteiger partial charge in [-0.15, -0.1) is 0 Å². The van der Waals surface area contributed by atoms with Gasteiger partial charge in [0.25, 0.3) is 0 Å². The first-order valence-electron chi connectivity index (χ1n) is 7.82. The van der Waals surface area contributed by atoms with E-state index in [1.54, 1.807) is 0 Å². The van der Waals surface area contributed by atoms with Crippen LogP contribution in [0, 0.1) is 0 Å². The van der Waals surface area contributed by atoms with Crippen LogP contribution in [0.3, 0.4) is 0 Å². The van der Waals surface area contributed by atoms with Gasteiger partial charge in [-0.2, -0.15) is 5.10 Å². The smallest absolute Gasteiger partial charge is 0.0821 e. The molecule has 21 heavy (non-hydrogen) atoms. The molecule has 0 saturated carbocycles. The summed E-state index contributed by atoms with van der Waals surface area (Å²) in [5.74, 6) is 0. The molecule has 0 spiro atoms. The molecule has 4 nitrogen and oxygen atoms in total. The van der Waals surface area contributed by atoms with E-state index in [2.05, 4.69) is 84.9 Å². The van der Waals surface area contributed by atoms with Crippen LogP contribution in [0.15, 0.2) is 30.6 Å². The van der Waals surface area contributed by atoms with Crippen LogP contribution >= 0.6 is 0 Å². The molecule has 4 heteroatoms. The van der Waals surface area contributed by atoms with Crippen molar-refractivity contribution in [1.29, 1.82) is 0 Å². The average Bonchev–Trinajstić information content (AvgIpc) is 3.04. The van der Waals surface area contributed by atoms with Crippen LogP contribution in [0.2, 0.25) is 0 Å². The summed E-state index contributed by atoms with van der Waals surface area (Å²) in [5, 5.41) is 8.22. The second kappa shape index (κ2) is 6.48. The molecular formula is C17H28N4. The Morgan fingerprint density at radius 3 is 2.67 bits per heavy atom. The number of rotatable bonds is 6. The Morgan fingerprint density at radius 1 is 1.24 bits per heavy atom. The van der Waals surface area contributed by atoms with Crippen molar-refractivity contribution in [3.8, 4) is 0 Å². The topological polar surface area (TPSA) is 34.8 Å². The third-order valence-corrected chi connectivity index (χ3v) is 3.76. The normalized spacial score (nSPS) is 13.6. The summed E-state index contributed by atoms with van der Waals surface area (Å²) in [6, 6.07) is 6.86. The predicted octanol–water partition coefficient (Wildman–Crippen LogP) is 3.59. The van der Waals surface area contributed by atoms with Gasteiger partial charge in [-0.05, 0) is 52.3 Å². The Balaban J connectivity index is 2.03. The third kappa shape index (κ3) is 4.46. The van der Waals surface area contributed by atoms with E-state index in [-0.39, 0.29) is 5.54 Å². The highest BCUT2D eigenvalue weighted by atomic mass is 15.3. The fourth-order valence-corrected chi connectivity index (χ4v) is 2.19. The lowest BCUT2D eigenvalue weighted by molar-refractivity contribution is 0.416. The van der Waals surface area contributed by atoms with Gasteiger partial charge in [-0.3, -0.25) is 4.68 Å². The number of hydrogen-bond acceptors (Lipinski definition) is 2. The molecule has 0 aliphatic carbocycles. The Kier molecular flexibility index (Phi) is 4.88. The van der Waals surface area contributed by atoms with Crippen LogP contribution in [-0.4, -0.2) is 19.9 Å². The molecule has 1 unspecified atom stereocenters. The molecule has 2 aromatic heterocycles. The first kappa shape index (κ1) is 15.8. The lowest BCUT2D eigenvalue weighted by Crippen LogP contribution is -2.35. The molecule has 1 atom stereocenters. The minimum absolute atomic E-state index is 0.132. The largest absolute Gasteiger partial charge is 0.344 e. The van der Waals surface area contributed by atoms with Gasteiger partial charge >= 0.3 is 0 Å². The highest BCUT2D eigenvalue weighted by molar-refractivity contribution is 5.11. The van der Waals surface area contributed by atoms with Gasteiger partial charge in [-0.1, -0.05) is 6.92 Å². The van der Waals surface area contributed by atoms with Crippen molar-refractivity contribution < 1.29 is 0 Å². The van der Waals surface area contributed by atoms with Crippen LogP contribution < -0.4 is 5.32 Å². The first-order valence-corrected chi connectivity index (χ1v) is 7.82. The van der Waals surface area contributed by atoms with Gasteiger partial charge in [0.1, 0.15) is 0 Å². The molecule has 0 bridgehead atoms. The molecule has 2 rings (SSSR count). The van der Waals surface area contributed by atoms with E-state index < -0.39 is 0 Å². The van der Waals surface area contributed by atoms with E-state index in [9.17, 15) is 0 Å². The highest BCUT2D eigenvalue weighted by Gasteiger charge is 2.11. The van der Waals surface area contributed by atoms with E-state index in [0.29, 0.717) is 6.04 Å². The van der Waals surface area contributed by atoms with Crippen LogP contribution in [0.25, 0.3) is 0 Å². The zero-order chi connectivity index (χ0) is 15.5. The molecule has 2 aromatic rings. The van der Waals surface area contributed by atoms with Crippen molar-refractivity contribution in [2.24, 2.45) is 0 Å². The van der Waals surface area contributed by atoms with Crippen LogP contribution in [0.4, 0.5) is 0 Å². The molecule has 0 aromatic carbocycles. The maximum absolute atomic E-state index is 4.68. The molecule has 0 aliphatic rings. The summed E-state index contributed by atoms with van der Waals surface area (Å²) in [5.41, 5.74) is 2.54. The van der Waals surface area contributed by atoms with Crippen molar-refractivity contribution in [3.63, 3.8) is 0 Å². The SMILES string of the molecule is CCC(C)n1ccc(Cn2cccc2CNC(C)(C)C)n1. The molecule has 2 heterocycles. The summed E-state index contributed by atoms with van der Waals surface area (Å²) in [4.78, 5) is 0. The molecule has 0 aliphatic heterocycles. The van der Waals surface area contributed by atoms with Crippen LogP contribution in [-0.2, 0) is 13.1 Å². The van der Waals surface area contributed by atoms with Crippen LogP contribution in [0.5, 0.6) is 0 Å². The standard InChI is InChI=1S/C17H28N4/c1-6-14(2)21-11-9-15(19-21)13-20-10-7-8-16(20)12-18-17(3,4)5/h7-11,14,18H,6,12-13H2,1-5H3. The first-order chi connectivity index (χ1) is 9.89. The maximum atomic E-state index is 4.68. The lowest BCUT2D eigenvalue weighted by atomic mass is 10.1. The number of nitrogens with one attached hydrogen (secondary N) is 1. The summed E-state index contributed by atoms with van der Waals surface area (Å²) in [6.07, 6.45) is 5.31. The summed E-state index contributed by atoms with van der Waals surface area (Å²) in [7, 11) is 0. The summed E-state index contributed by atoms with van der Waals surface area (Å²) < 4.78 is 4.33. The molecule has 116 valence electrons. The third-order valence-electron chi connectivity index (χ3n) is 3.76. The van der Waals surface area contributed by atoms with E-state index >= 15 is 0 Å². The number of nitrogens with zero attached hydrogens (tertiary/aromatic N) is 3. The van der Waals surface area contributed by atoms with E-state index in [1.807, 2.05) is 0 Å². The Bertz CT molecular complexity index is 559. The number of aromatic nitrogens is 3. The fraction of sp³-hybridized carbons (Fsp3) is 0.588. The molecule has 1 N–H and O–H groups in total. The zero-order valence-corrected chi connectivity index (χ0v) is 13.9. The van der Waals surface area contributed by atoms with Gasteiger partial charge in [0.15, 0.2) is 0 Å². The van der Waals surface area contributed by atoms with Crippen molar-refractivity contribution >= 4 is 0 Å². The van der Waals surface area contributed by atoms with E-state index in [4.69, 9.17) is 0 Å². The van der Waals surface area contributed by atoms with Crippen molar-refractivity contribution in [2.75, 3.05) is 0 Å². The highest BCUT2D eigenvalue weighted by Crippen LogP contribution is 2.12. The molecule has 0 fully saturated rings. The summed E-state index contributed by atoms with van der Waals surface area (Å²) in [6.45, 7) is 12.7. The molecule has 0 radical (unpaired) electrons. The fourth-order valence-electron chi connectivity index (χ4n) is 2.19. The monoisotopic (exact) mass is 288 g/mol. The Labute approximate surface area is 128 Å². The second-order valence-electron chi connectivity index (χ2n) is 6.78. The molecule has 0 saturated heterocycles. The van der Waals surface area contributed by atoms with Crippen molar-refractivity contribution in [3.05, 3.63) is 42.0 Å². The van der Waals surface area contributed by atoms with E-state index in [0.717, 1.165) is 25.2 Å². The maximum Gasteiger partial charge on any atom is 0.0821 e. The zero-order valence-electron chi connectivity index (χ0n) is 13.9. The Hall–Kier alpha value is -1.55. The molecule has 0 amide bonds. The van der Waals surface area contributed by atoms with Gasteiger partial charge in [0, 0.05) is 36.2 Å². The van der Waals surface area contributed by atoms with Gasteiger partial charge in [0.2, 0.25) is 0 Å². The number of hydrogen-bond donors (Lipinski definition) is 1. The van der Waals surface area contributed by atoms with Crippen molar-refractivity contribution in [1.82, 2.24) is 19.7 Å². The van der Waals surface area contributed by atoms with E-state index in [1.165, 1.54) is 5.69 Å². The Morgan fingerprint density at radius 2 is 2.00 bits per heavy atom. The quantitative estimate of drug-likeness (QED) is 0.881.